The van der Waals surface area contributed by atoms with Gasteiger partial charge in [-0.3, -0.25) is 9.59 Å². The van der Waals surface area contributed by atoms with Crippen LogP contribution < -0.4 is 0 Å². The Balaban J connectivity index is 1.12. The van der Waals surface area contributed by atoms with Crippen LogP contribution in [0.15, 0.2) is 35.2 Å². The lowest BCUT2D eigenvalue weighted by atomic mass is 9.49. The van der Waals surface area contributed by atoms with Crippen molar-refractivity contribution in [3.63, 3.8) is 0 Å². The van der Waals surface area contributed by atoms with Crippen LogP contribution in [0.2, 0.25) is 0 Å². The van der Waals surface area contributed by atoms with Crippen LogP contribution in [-0.2, 0) is 19.6 Å². The van der Waals surface area contributed by atoms with Crippen molar-refractivity contribution in [3.8, 4) is 0 Å². The van der Waals surface area contributed by atoms with Crippen molar-refractivity contribution < 1.29 is 18.0 Å². The van der Waals surface area contributed by atoms with Gasteiger partial charge in [-0.1, -0.05) is 18.2 Å². The Hall–Kier alpha value is -1.93. The Morgan fingerprint density at radius 2 is 1.41 bits per heavy atom. The first-order chi connectivity index (χ1) is 16.4. The van der Waals surface area contributed by atoms with Crippen molar-refractivity contribution in [2.75, 3.05) is 32.7 Å². The van der Waals surface area contributed by atoms with Crippen molar-refractivity contribution in [1.82, 2.24) is 14.1 Å². The topological polar surface area (TPSA) is 78.0 Å². The molecule has 0 radical (unpaired) electrons. The summed E-state index contributed by atoms with van der Waals surface area (Å²) in [5, 5.41) is 0. The number of rotatable bonds is 4. The molecule has 0 spiro atoms. The molecule has 7 rings (SSSR count). The average Bonchev–Trinajstić information content (AvgIpc) is 3.33. The molecule has 6 aliphatic rings. The molecule has 1 atom stereocenters. The molecule has 7 nitrogen and oxygen atoms in total. The molecule has 2 heterocycles. The molecule has 8 heteroatoms. The van der Waals surface area contributed by atoms with Gasteiger partial charge in [0, 0.05) is 32.7 Å². The zero-order valence-electron chi connectivity index (χ0n) is 19.8. The first-order valence-electron chi connectivity index (χ1n) is 13.0. The Labute approximate surface area is 202 Å². The number of hydrogen-bond acceptors (Lipinski definition) is 4. The van der Waals surface area contributed by atoms with Gasteiger partial charge in [-0.25, -0.2) is 8.42 Å². The van der Waals surface area contributed by atoms with E-state index in [9.17, 15) is 18.0 Å². The molecule has 1 aromatic rings. The second kappa shape index (κ2) is 8.33. The molecule has 34 heavy (non-hydrogen) atoms. The van der Waals surface area contributed by atoms with Crippen molar-refractivity contribution in [1.29, 1.82) is 0 Å². The minimum absolute atomic E-state index is 0.00679. The van der Waals surface area contributed by atoms with E-state index in [0.717, 1.165) is 32.1 Å². The van der Waals surface area contributed by atoms with Crippen molar-refractivity contribution >= 4 is 21.8 Å². The van der Waals surface area contributed by atoms with Crippen molar-refractivity contribution in [2.24, 2.45) is 23.2 Å². The Kier molecular flexibility index (Phi) is 5.52. The highest BCUT2D eigenvalue weighted by molar-refractivity contribution is 7.89. The van der Waals surface area contributed by atoms with Gasteiger partial charge >= 0.3 is 0 Å². The monoisotopic (exact) mass is 485 g/mol. The number of nitrogens with zero attached hydrogens (tertiary/aromatic N) is 3. The van der Waals surface area contributed by atoms with E-state index in [1.807, 2.05) is 4.90 Å². The Bertz CT molecular complexity index is 1030. The van der Waals surface area contributed by atoms with Gasteiger partial charge in [0.1, 0.15) is 6.04 Å². The molecule has 4 aliphatic carbocycles. The quantitative estimate of drug-likeness (QED) is 0.657. The normalized spacial score (nSPS) is 35.6. The van der Waals surface area contributed by atoms with Crippen LogP contribution in [0.25, 0.3) is 0 Å². The second-order valence-corrected chi connectivity index (χ2v) is 13.3. The summed E-state index contributed by atoms with van der Waals surface area (Å²) in [7, 11) is -3.55. The van der Waals surface area contributed by atoms with E-state index in [2.05, 4.69) is 0 Å². The molecule has 1 aromatic carbocycles. The van der Waals surface area contributed by atoms with Crippen LogP contribution in [0.4, 0.5) is 0 Å². The highest BCUT2D eigenvalue weighted by atomic mass is 32.2. The van der Waals surface area contributed by atoms with Gasteiger partial charge < -0.3 is 9.80 Å². The number of piperazine rings is 1. The molecule has 4 bridgehead atoms. The summed E-state index contributed by atoms with van der Waals surface area (Å²) in [5.74, 6) is 2.35. The lowest BCUT2D eigenvalue weighted by Crippen LogP contribution is -2.59. The summed E-state index contributed by atoms with van der Waals surface area (Å²) in [6.45, 7) is 2.01. The third-order valence-corrected chi connectivity index (χ3v) is 11.1. The summed E-state index contributed by atoms with van der Waals surface area (Å²) < 4.78 is 27.3. The lowest BCUT2D eigenvalue weighted by Gasteiger charge is -2.56. The highest BCUT2D eigenvalue weighted by Crippen LogP contribution is 2.60. The van der Waals surface area contributed by atoms with Gasteiger partial charge in [0.05, 0.1) is 10.3 Å². The van der Waals surface area contributed by atoms with Crippen LogP contribution in [-0.4, -0.2) is 73.1 Å². The third kappa shape index (κ3) is 3.68. The molecule has 6 fully saturated rings. The zero-order valence-corrected chi connectivity index (χ0v) is 20.6. The maximum absolute atomic E-state index is 13.9. The molecule has 2 aliphatic heterocycles. The summed E-state index contributed by atoms with van der Waals surface area (Å²) in [4.78, 5) is 31.4. The summed E-state index contributed by atoms with van der Waals surface area (Å²) in [6.07, 6.45) is 8.54. The minimum Gasteiger partial charge on any atom is -0.338 e. The average molecular weight is 486 g/mol. The maximum atomic E-state index is 13.9. The van der Waals surface area contributed by atoms with Crippen LogP contribution >= 0.6 is 0 Å². The fourth-order valence-corrected chi connectivity index (χ4v) is 9.49. The number of sulfonamides is 1. The van der Waals surface area contributed by atoms with E-state index in [-0.39, 0.29) is 28.2 Å². The van der Waals surface area contributed by atoms with Gasteiger partial charge in [-0.15, -0.1) is 0 Å². The fourth-order valence-electron chi connectivity index (χ4n) is 8.04. The van der Waals surface area contributed by atoms with Gasteiger partial charge in [-0.2, -0.15) is 4.31 Å². The van der Waals surface area contributed by atoms with Gasteiger partial charge in [0.25, 0.3) is 0 Å². The maximum Gasteiger partial charge on any atom is 0.245 e. The molecule has 184 valence electrons. The second-order valence-electron chi connectivity index (χ2n) is 11.4. The molecular weight excluding hydrogens is 450 g/mol. The smallest absolute Gasteiger partial charge is 0.245 e. The van der Waals surface area contributed by atoms with Gasteiger partial charge in [0.2, 0.25) is 21.8 Å². The highest BCUT2D eigenvalue weighted by Gasteiger charge is 2.57. The van der Waals surface area contributed by atoms with E-state index < -0.39 is 10.0 Å². The molecule has 4 saturated carbocycles. The lowest BCUT2D eigenvalue weighted by molar-refractivity contribution is -0.162. The molecule has 0 aromatic heterocycles. The number of benzene rings is 1. The molecule has 2 saturated heterocycles. The summed E-state index contributed by atoms with van der Waals surface area (Å²) in [5.41, 5.74) is -0.222. The summed E-state index contributed by atoms with van der Waals surface area (Å²) >= 11 is 0. The van der Waals surface area contributed by atoms with E-state index in [1.54, 1.807) is 35.2 Å². The van der Waals surface area contributed by atoms with Gasteiger partial charge in [-0.05, 0) is 81.3 Å². The third-order valence-electron chi connectivity index (χ3n) is 9.22. The Morgan fingerprint density at radius 3 is 2.00 bits per heavy atom. The number of carbonyl (C=O) groups is 2. The van der Waals surface area contributed by atoms with E-state index in [0.29, 0.717) is 50.5 Å². The van der Waals surface area contributed by atoms with Gasteiger partial charge in [0.15, 0.2) is 0 Å². The van der Waals surface area contributed by atoms with Crippen molar-refractivity contribution in [3.05, 3.63) is 30.3 Å². The number of carbonyl (C=O) groups excluding carboxylic acids is 2. The number of likely N-dealkylation sites (tertiary alicyclic amines) is 1. The van der Waals surface area contributed by atoms with E-state index in [4.69, 9.17) is 0 Å². The molecule has 0 N–H and O–H groups in total. The van der Waals surface area contributed by atoms with E-state index >= 15 is 0 Å². The fraction of sp³-hybridized carbons (Fsp3) is 0.692. The molecular formula is C26H35N3O4S. The predicted molar refractivity (Wildman–Crippen MR) is 127 cm³/mol. The SMILES string of the molecule is O=C(C1CCCN1C(=O)C12CC3CC(CC(C3)C1)C2)N1CCN(S(=O)(=O)c2ccccc2)CC1. The van der Waals surface area contributed by atoms with Crippen LogP contribution in [0.1, 0.15) is 51.4 Å². The zero-order chi connectivity index (χ0) is 23.5. The molecule has 2 amide bonds. The predicted octanol–water partition coefficient (Wildman–Crippen LogP) is 2.73. The Morgan fingerprint density at radius 1 is 0.824 bits per heavy atom. The standard InChI is InChI=1S/C26H35N3O4S/c30-24(27-9-11-28(12-10-27)34(32,33)22-5-2-1-3-6-22)23-7-4-8-29(23)25(31)26-16-19-13-20(17-26)15-21(14-19)18-26/h1-3,5-6,19-21,23H,4,7-18H2. The number of amides is 2. The van der Waals surface area contributed by atoms with Crippen LogP contribution in [0, 0.1) is 23.2 Å². The summed E-state index contributed by atoms with van der Waals surface area (Å²) in [6, 6.07) is 8.09. The molecule has 1 unspecified atom stereocenters. The van der Waals surface area contributed by atoms with Crippen molar-refractivity contribution in [2.45, 2.75) is 62.3 Å². The van der Waals surface area contributed by atoms with Crippen LogP contribution in [0.5, 0.6) is 0 Å². The minimum atomic E-state index is -3.55. The first-order valence-corrected chi connectivity index (χ1v) is 14.4. The van der Waals surface area contributed by atoms with Crippen LogP contribution in [0.3, 0.4) is 0 Å². The largest absolute Gasteiger partial charge is 0.338 e. The van der Waals surface area contributed by atoms with E-state index in [1.165, 1.54) is 23.6 Å². The number of hydrogen-bond donors (Lipinski definition) is 0. The first kappa shape index (κ1) is 22.5.